The van der Waals surface area contributed by atoms with Gasteiger partial charge in [-0.25, -0.2) is 9.29 Å². The number of fused-ring (bicyclic) bond motifs is 2. The van der Waals surface area contributed by atoms with E-state index in [9.17, 15) is 18.8 Å². The molecule has 0 spiro atoms. The number of imide groups is 1. The van der Waals surface area contributed by atoms with Crippen molar-refractivity contribution >= 4 is 40.9 Å². The topological polar surface area (TPSA) is 66.5 Å². The largest absolute Gasteiger partial charge is 0.324 e. The van der Waals surface area contributed by atoms with Crippen LogP contribution in [-0.2, 0) is 14.4 Å². The molecule has 3 unspecified atom stereocenters. The van der Waals surface area contributed by atoms with Crippen LogP contribution in [0.4, 0.5) is 15.8 Å². The molecule has 0 bridgehead atoms. The second-order valence-corrected chi connectivity index (χ2v) is 7.45. The summed E-state index contributed by atoms with van der Waals surface area (Å²) in [5.41, 5.74) is 0.997. The van der Waals surface area contributed by atoms with E-state index in [1.807, 2.05) is 0 Å². The Bertz CT molecular complexity index is 742. The van der Waals surface area contributed by atoms with Crippen LogP contribution in [-0.4, -0.2) is 24.0 Å². The zero-order valence-corrected chi connectivity index (χ0v) is 14.0. The van der Waals surface area contributed by atoms with E-state index in [0.29, 0.717) is 24.1 Å². The highest BCUT2D eigenvalue weighted by molar-refractivity contribution is 7.99. The molecule has 7 heteroatoms. The number of nitrogens with zero attached hydrogens (tertiary/aromatic N) is 1. The lowest BCUT2D eigenvalue weighted by Crippen LogP contribution is -2.31. The van der Waals surface area contributed by atoms with Crippen molar-refractivity contribution in [2.24, 2.45) is 11.8 Å². The molecule has 2 heterocycles. The van der Waals surface area contributed by atoms with Crippen LogP contribution in [0.25, 0.3) is 0 Å². The molecular formula is C17H17FN2O3S. The van der Waals surface area contributed by atoms with Gasteiger partial charge in [0.2, 0.25) is 17.7 Å². The van der Waals surface area contributed by atoms with Crippen molar-refractivity contribution in [2.45, 2.75) is 30.9 Å². The fourth-order valence-electron chi connectivity index (χ4n) is 4.05. The van der Waals surface area contributed by atoms with E-state index in [1.165, 1.54) is 23.9 Å². The molecule has 2 fully saturated rings. The first kappa shape index (κ1) is 15.6. The maximum absolute atomic E-state index is 14.7. The lowest BCUT2D eigenvalue weighted by atomic mass is 9.81. The van der Waals surface area contributed by atoms with Crippen molar-refractivity contribution in [1.29, 1.82) is 0 Å². The molecule has 3 amide bonds. The Morgan fingerprint density at radius 1 is 1.12 bits per heavy atom. The first-order chi connectivity index (χ1) is 11.5. The molecule has 5 nitrogen and oxygen atoms in total. The van der Waals surface area contributed by atoms with Gasteiger partial charge in [0.15, 0.2) is 0 Å². The second-order valence-electron chi connectivity index (χ2n) is 6.51. The fourth-order valence-corrected chi connectivity index (χ4v) is 4.77. The molecule has 1 aromatic carbocycles. The molecule has 2 aliphatic heterocycles. The van der Waals surface area contributed by atoms with Crippen molar-refractivity contribution in [2.75, 3.05) is 16.5 Å². The van der Waals surface area contributed by atoms with E-state index < -0.39 is 11.1 Å². The van der Waals surface area contributed by atoms with E-state index in [-0.39, 0.29) is 35.2 Å². The van der Waals surface area contributed by atoms with E-state index in [4.69, 9.17) is 0 Å². The standard InChI is InChI=1S/C17H17FN2O3S/c1-24-14-10-6-11(18)13(7-12(10)19-15(14)21)20-16(22)8-4-2-3-5-9(8)17(20)23/h6-9,14H,2-5H2,1H3,(H,19,21). The van der Waals surface area contributed by atoms with Crippen molar-refractivity contribution < 1.29 is 18.8 Å². The molecule has 4 rings (SSSR count). The minimum atomic E-state index is -0.635. The lowest BCUT2D eigenvalue weighted by molar-refractivity contribution is -0.122. The van der Waals surface area contributed by atoms with E-state index in [2.05, 4.69) is 5.32 Å². The van der Waals surface area contributed by atoms with Crippen molar-refractivity contribution in [3.63, 3.8) is 0 Å². The molecule has 24 heavy (non-hydrogen) atoms. The number of hydrogen-bond donors (Lipinski definition) is 1. The van der Waals surface area contributed by atoms with Crippen LogP contribution < -0.4 is 10.2 Å². The summed E-state index contributed by atoms with van der Waals surface area (Å²) in [6.45, 7) is 0. The summed E-state index contributed by atoms with van der Waals surface area (Å²) in [5.74, 6) is -2.12. The van der Waals surface area contributed by atoms with Crippen LogP contribution >= 0.6 is 11.8 Å². The van der Waals surface area contributed by atoms with Crippen molar-refractivity contribution in [1.82, 2.24) is 0 Å². The van der Waals surface area contributed by atoms with Gasteiger partial charge in [-0.05, 0) is 31.2 Å². The fraction of sp³-hybridized carbons (Fsp3) is 0.471. The summed E-state index contributed by atoms with van der Waals surface area (Å²) < 4.78 is 14.7. The number of amides is 3. The predicted octanol–water partition coefficient (Wildman–Crippen LogP) is 2.86. The zero-order valence-electron chi connectivity index (χ0n) is 13.2. The maximum atomic E-state index is 14.7. The molecule has 1 aromatic rings. The van der Waals surface area contributed by atoms with Gasteiger partial charge < -0.3 is 5.32 Å². The van der Waals surface area contributed by atoms with E-state index in [0.717, 1.165) is 17.7 Å². The van der Waals surface area contributed by atoms with Gasteiger partial charge in [0.25, 0.3) is 0 Å². The molecule has 126 valence electrons. The van der Waals surface area contributed by atoms with Gasteiger partial charge in [-0.2, -0.15) is 0 Å². The van der Waals surface area contributed by atoms with Gasteiger partial charge in [0.05, 0.1) is 17.5 Å². The second kappa shape index (κ2) is 5.58. The molecule has 3 atom stereocenters. The number of thioether (sulfide) groups is 1. The molecule has 1 saturated carbocycles. The minimum Gasteiger partial charge on any atom is -0.324 e. The van der Waals surface area contributed by atoms with Crippen molar-refractivity contribution in [3.8, 4) is 0 Å². The first-order valence-corrected chi connectivity index (χ1v) is 9.36. The van der Waals surface area contributed by atoms with E-state index in [1.54, 1.807) is 6.26 Å². The number of hydrogen-bond acceptors (Lipinski definition) is 4. The molecular weight excluding hydrogens is 331 g/mol. The Balaban J connectivity index is 1.75. The highest BCUT2D eigenvalue weighted by atomic mass is 32.2. The van der Waals surface area contributed by atoms with Crippen molar-refractivity contribution in [3.05, 3.63) is 23.5 Å². The van der Waals surface area contributed by atoms with Gasteiger partial charge in [0.1, 0.15) is 11.1 Å². The van der Waals surface area contributed by atoms with Crippen LogP contribution in [0.15, 0.2) is 12.1 Å². The minimum absolute atomic E-state index is 0.0415. The first-order valence-electron chi connectivity index (χ1n) is 8.08. The number of nitrogens with one attached hydrogen (secondary N) is 1. The summed E-state index contributed by atoms with van der Waals surface area (Å²) in [4.78, 5) is 38.2. The number of halogens is 1. The number of carbonyl (C=O) groups excluding carboxylic acids is 3. The molecule has 0 radical (unpaired) electrons. The van der Waals surface area contributed by atoms with Crippen LogP contribution in [0.3, 0.4) is 0 Å². The normalized spacial score (nSPS) is 28.8. The third-order valence-corrected chi connectivity index (χ3v) is 6.15. The van der Waals surface area contributed by atoms with Crippen LogP contribution in [0.2, 0.25) is 0 Å². The highest BCUT2D eigenvalue weighted by Gasteiger charge is 2.49. The number of carbonyl (C=O) groups is 3. The predicted molar refractivity (Wildman–Crippen MR) is 89.2 cm³/mol. The quantitative estimate of drug-likeness (QED) is 0.835. The number of benzene rings is 1. The molecule has 1 saturated heterocycles. The third kappa shape index (κ3) is 2.10. The van der Waals surface area contributed by atoms with Gasteiger partial charge in [-0.3, -0.25) is 14.4 Å². The summed E-state index contributed by atoms with van der Waals surface area (Å²) in [5, 5.41) is 2.24. The average molecular weight is 348 g/mol. The lowest BCUT2D eigenvalue weighted by Gasteiger charge is -2.19. The van der Waals surface area contributed by atoms with Gasteiger partial charge in [0, 0.05) is 11.3 Å². The van der Waals surface area contributed by atoms with Crippen LogP contribution in [0, 0.1) is 17.7 Å². The van der Waals surface area contributed by atoms with Gasteiger partial charge in [-0.15, -0.1) is 11.8 Å². The van der Waals surface area contributed by atoms with E-state index >= 15 is 0 Å². The highest BCUT2D eigenvalue weighted by Crippen LogP contribution is 2.45. The summed E-state index contributed by atoms with van der Waals surface area (Å²) >= 11 is 1.32. The molecule has 3 aliphatic rings. The number of anilines is 2. The molecule has 1 N–H and O–H groups in total. The Labute approximate surface area is 143 Å². The number of rotatable bonds is 2. The maximum Gasteiger partial charge on any atom is 0.242 e. The van der Waals surface area contributed by atoms with Crippen LogP contribution in [0.5, 0.6) is 0 Å². The smallest absolute Gasteiger partial charge is 0.242 e. The SMILES string of the molecule is CSC1C(=O)Nc2cc(N3C(=O)C4CCCCC4C3=O)c(F)cc21. The zero-order chi connectivity index (χ0) is 17.0. The average Bonchev–Trinajstić information content (AvgIpc) is 3.01. The summed E-state index contributed by atoms with van der Waals surface area (Å²) in [7, 11) is 0. The Morgan fingerprint density at radius 2 is 1.75 bits per heavy atom. The Morgan fingerprint density at radius 3 is 2.33 bits per heavy atom. The molecule has 1 aliphatic carbocycles. The summed E-state index contributed by atoms with van der Waals surface area (Å²) in [6.07, 6.45) is 4.99. The van der Waals surface area contributed by atoms with Gasteiger partial charge >= 0.3 is 0 Å². The molecule has 0 aromatic heterocycles. The van der Waals surface area contributed by atoms with Gasteiger partial charge in [-0.1, -0.05) is 12.8 Å². The third-order valence-electron chi connectivity index (χ3n) is 5.22. The summed E-state index contributed by atoms with van der Waals surface area (Å²) in [6, 6.07) is 2.69. The Hall–Kier alpha value is -1.89. The monoisotopic (exact) mass is 348 g/mol. The van der Waals surface area contributed by atoms with Crippen LogP contribution in [0.1, 0.15) is 36.5 Å². The Kier molecular flexibility index (Phi) is 3.63.